The highest BCUT2D eigenvalue weighted by atomic mass is 32.2. The summed E-state index contributed by atoms with van der Waals surface area (Å²) in [5.74, 6) is -0.433. The van der Waals surface area contributed by atoms with Gasteiger partial charge in [-0.1, -0.05) is 29.8 Å². The molecule has 0 unspecified atom stereocenters. The molecule has 1 fully saturated rings. The topological polar surface area (TPSA) is 93.2 Å². The highest BCUT2D eigenvalue weighted by Gasteiger charge is 2.33. The molecule has 34 heavy (non-hydrogen) atoms. The first-order chi connectivity index (χ1) is 16.3. The van der Waals surface area contributed by atoms with E-state index in [0.29, 0.717) is 50.6 Å². The summed E-state index contributed by atoms with van der Waals surface area (Å²) >= 11 is 0. The molecule has 3 rings (SSSR count). The van der Waals surface area contributed by atoms with Gasteiger partial charge in [-0.05, 0) is 57.9 Å². The maximum Gasteiger partial charge on any atom is 0.309 e. The summed E-state index contributed by atoms with van der Waals surface area (Å²) in [4.78, 5) is 27.0. The first-order valence-corrected chi connectivity index (χ1v) is 13.0. The molecule has 1 heterocycles. The molecule has 1 amide bonds. The number of para-hydroxylation sites is 2. The van der Waals surface area contributed by atoms with Crippen LogP contribution in [-0.2, 0) is 24.3 Å². The molecule has 0 spiro atoms. The molecule has 1 saturated heterocycles. The Balaban J connectivity index is 1.87. The van der Waals surface area contributed by atoms with Gasteiger partial charge >= 0.3 is 5.97 Å². The van der Waals surface area contributed by atoms with Crippen molar-refractivity contribution < 1.29 is 27.5 Å². The van der Waals surface area contributed by atoms with Crippen molar-refractivity contribution in [3.05, 3.63) is 54.1 Å². The van der Waals surface area contributed by atoms with E-state index in [1.165, 1.54) is 12.1 Å². The number of anilines is 1. The number of rotatable bonds is 9. The van der Waals surface area contributed by atoms with Gasteiger partial charge in [-0.3, -0.25) is 13.9 Å². The molecule has 1 aliphatic rings. The van der Waals surface area contributed by atoms with Gasteiger partial charge in [0.15, 0.2) is 0 Å². The van der Waals surface area contributed by atoms with Gasteiger partial charge in [0.1, 0.15) is 12.3 Å². The molecule has 0 aromatic heterocycles. The number of hydrogen-bond acceptors (Lipinski definition) is 6. The summed E-state index contributed by atoms with van der Waals surface area (Å²) in [6.45, 7) is 6.50. The molecule has 0 N–H and O–H groups in total. The summed E-state index contributed by atoms with van der Waals surface area (Å²) in [7, 11) is -4.05. The number of likely N-dealkylation sites (tertiary alicyclic amines) is 1. The zero-order chi connectivity index (χ0) is 24.7. The molecule has 0 aliphatic carbocycles. The lowest BCUT2D eigenvalue weighted by Crippen LogP contribution is -2.46. The molecule has 8 nitrogen and oxygen atoms in total. The van der Waals surface area contributed by atoms with E-state index in [9.17, 15) is 18.0 Å². The largest absolute Gasteiger partial charge is 0.492 e. The number of amides is 1. The fourth-order valence-electron chi connectivity index (χ4n) is 3.93. The molecule has 2 aromatic rings. The average molecular weight is 489 g/mol. The third-order valence-corrected chi connectivity index (χ3v) is 7.56. The van der Waals surface area contributed by atoms with Crippen LogP contribution in [0.15, 0.2) is 53.4 Å². The van der Waals surface area contributed by atoms with Crippen LogP contribution in [0, 0.1) is 12.8 Å². The normalized spacial score (nSPS) is 14.5. The third-order valence-electron chi connectivity index (χ3n) is 5.79. The quantitative estimate of drug-likeness (QED) is 0.503. The fourth-order valence-corrected chi connectivity index (χ4v) is 5.35. The van der Waals surface area contributed by atoms with Gasteiger partial charge in [-0.25, -0.2) is 8.42 Å². The minimum absolute atomic E-state index is 0.0956. The van der Waals surface area contributed by atoms with E-state index in [4.69, 9.17) is 9.47 Å². The number of aryl methyl sites for hydroxylation is 1. The number of carbonyl (C=O) groups excluding carboxylic acids is 2. The van der Waals surface area contributed by atoms with Crippen molar-refractivity contribution in [1.82, 2.24) is 4.90 Å². The van der Waals surface area contributed by atoms with Crippen LogP contribution in [0.5, 0.6) is 5.75 Å². The van der Waals surface area contributed by atoms with Crippen LogP contribution in [0.3, 0.4) is 0 Å². The SMILES string of the molecule is CCOC(=O)C1CCN(C(=O)CN(c2ccccc2OCC)S(=O)(=O)c2ccc(C)cc2)CC1. The van der Waals surface area contributed by atoms with Gasteiger partial charge in [0, 0.05) is 13.1 Å². The second-order valence-corrected chi connectivity index (χ2v) is 9.99. The maximum atomic E-state index is 13.7. The molecular weight excluding hydrogens is 456 g/mol. The maximum absolute atomic E-state index is 13.7. The molecule has 9 heteroatoms. The predicted octanol–water partition coefficient (Wildman–Crippen LogP) is 3.39. The third kappa shape index (κ3) is 5.88. The molecule has 0 atom stereocenters. The van der Waals surface area contributed by atoms with Crippen molar-refractivity contribution in [2.75, 3.05) is 37.2 Å². The van der Waals surface area contributed by atoms with Crippen molar-refractivity contribution in [3.8, 4) is 5.75 Å². The minimum Gasteiger partial charge on any atom is -0.492 e. The van der Waals surface area contributed by atoms with E-state index in [-0.39, 0.29) is 29.2 Å². The lowest BCUT2D eigenvalue weighted by atomic mass is 9.97. The Morgan fingerprint density at radius 2 is 1.65 bits per heavy atom. The summed E-state index contributed by atoms with van der Waals surface area (Å²) in [6.07, 6.45) is 0.982. The van der Waals surface area contributed by atoms with E-state index in [1.807, 2.05) is 13.8 Å². The predicted molar refractivity (Wildman–Crippen MR) is 129 cm³/mol. The van der Waals surface area contributed by atoms with Gasteiger partial charge < -0.3 is 14.4 Å². The number of hydrogen-bond donors (Lipinski definition) is 0. The zero-order valence-electron chi connectivity index (χ0n) is 19.9. The van der Waals surface area contributed by atoms with Crippen LogP contribution in [-0.4, -0.2) is 58.0 Å². The first kappa shape index (κ1) is 25.6. The Morgan fingerprint density at radius 3 is 2.26 bits per heavy atom. The highest BCUT2D eigenvalue weighted by molar-refractivity contribution is 7.92. The van der Waals surface area contributed by atoms with Gasteiger partial charge in [0.2, 0.25) is 5.91 Å². The lowest BCUT2D eigenvalue weighted by molar-refractivity contribution is -0.151. The number of sulfonamides is 1. The zero-order valence-corrected chi connectivity index (χ0v) is 20.7. The average Bonchev–Trinajstić information content (AvgIpc) is 2.83. The number of carbonyl (C=O) groups is 2. The molecule has 0 saturated carbocycles. The summed E-state index contributed by atoms with van der Waals surface area (Å²) in [6, 6.07) is 13.3. The number of benzene rings is 2. The Kier molecular flexibility index (Phi) is 8.55. The van der Waals surface area contributed by atoms with E-state index in [2.05, 4.69) is 0 Å². The summed E-state index contributed by atoms with van der Waals surface area (Å²) in [5.41, 5.74) is 1.24. The monoisotopic (exact) mass is 488 g/mol. The van der Waals surface area contributed by atoms with Crippen LogP contribution in [0.25, 0.3) is 0 Å². The van der Waals surface area contributed by atoms with E-state index >= 15 is 0 Å². The van der Waals surface area contributed by atoms with Crippen LogP contribution < -0.4 is 9.04 Å². The van der Waals surface area contributed by atoms with Crippen LogP contribution in [0.4, 0.5) is 5.69 Å². The molecular formula is C25H32N2O6S. The smallest absolute Gasteiger partial charge is 0.309 e. The van der Waals surface area contributed by atoms with E-state index in [1.54, 1.807) is 48.2 Å². The van der Waals surface area contributed by atoms with Crippen LogP contribution in [0.2, 0.25) is 0 Å². The molecule has 184 valence electrons. The van der Waals surface area contributed by atoms with Crippen molar-refractivity contribution in [2.24, 2.45) is 5.92 Å². The Labute approximate surface area is 201 Å². The van der Waals surface area contributed by atoms with Crippen LogP contribution in [0.1, 0.15) is 32.3 Å². The van der Waals surface area contributed by atoms with Crippen molar-refractivity contribution >= 4 is 27.6 Å². The van der Waals surface area contributed by atoms with E-state index in [0.717, 1.165) is 9.87 Å². The van der Waals surface area contributed by atoms with E-state index < -0.39 is 10.0 Å². The molecule has 0 radical (unpaired) electrons. The highest BCUT2D eigenvalue weighted by Crippen LogP contribution is 2.33. The molecule has 0 bridgehead atoms. The van der Waals surface area contributed by atoms with Crippen molar-refractivity contribution in [2.45, 2.75) is 38.5 Å². The second kappa shape index (κ2) is 11.4. The molecule has 2 aromatic carbocycles. The Bertz CT molecular complexity index is 1090. The van der Waals surface area contributed by atoms with Gasteiger partial charge in [-0.2, -0.15) is 0 Å². The van der Waals surface area contributed by atoms with Gasteiger partial charge in [0.05, 0.1) is 29.7 Å². The lowest BCUT2D eigenvalue weighted by Gasteiger charge is -2.33. The van der Waals surface area contributed by atoms with Crippen LogP contribution >= 0.6 is 0 Å². The fraction of sp³-hybridized carbons (Fsp3) is 0.440. The number of piperidine rings is 1. The molecule has 1 aliphatic heterocycles. The summed E-state index contributed by atoms with van der Waals surface area (Å²) in [5, 5.41) is 0. The summed E-state index contributed by atoms with van der Waals surface area (Å²) < 4.78 is 39.2. The Morgan fingerprint density at radius 1 is 1.00 bits per heavy atom. The Hall–Kier alpha value is -3.07. The minimum atomic E-state index is -4.05. The second-order valence-electron chi connectivity index (χ2n) is 8.13. The van der Waals surface area contributed by atoms with Crippen molar-refractivity contribution in [1.29, 1.82) is 0 Å². The van der Waals surface area contributed by atoms with Gasteiger partial charge in [-0.15, -0.1) is 0 Å². The van der Waals surface area contributed by atoms with Crippen molar-refractivity contribution in [3.63, 3.8) is 0 Å². The number of ether oxygens (including phenoxy) is 2. The van der Waals surface area contributed by atoms with Gasteiger partial charge in [0.25, 0.3) is 10.0 Å². The number of esters is 1. The standard InChI is InChI=1S/C25H32N2O6S/c1-4-32-23-9-7-6-8-22(23)27(34(30,31)21-12-10-19(3)11-13-21)18-24(28)26-16-14-20(15-17-26)25(29)33-5-2/h6-13,20H,4-5,14-18H2,1-3H3. The first-order valence-electron chi connectivity index (χ1n) is 11.5. The number of nitrogens with zero attached hydrogens (tertiary/aromatic N) is 2.